The number of aliphatic imine (C=N–C) groups is 1. The number of nitrogens with zero attached hydrogens (tertiary/aromatic N) is 2. The number of hydrogen-bond acceptors (Lipinski definition) is 4. The molecule has 0 saturated carbocycles. The first kappa shape index (κ1) is 21.4. The van der Waals surface area contributed by atoms with Crippen LogP contribution in [0.15, 0.2) is 23.2 Å². The highest BCUT2D eigenvalue weighted by molar-refractivity contribution is 5.77. The third-order valence-corrected chi connectivity index (χ3v) is 5.03. The number of benzene rings is 1. The Hall–Kier alpha value is -1.95. The largest absolute Gasteiger partial charge is 0.493 e. The van der Waals surface area contributed by atoms with Crippen molar-refractivity contribution < 1.29 is 9.47 Å². The molecule has 1 aliphatic heterocycles. The molecule has 1 heterocycles. The number of guanidine groups is 1. The van der Waals surface area contributed by atoms with Crippen LogP contribution in [0.1, 0.15) is 44.1 Å². The molecule has 0 amide bonds. The number of unbranched alkanes of at least 4 members (excludes halogenated alkanes) is 2. The van der Waals surface area contributed by atoms with Gasteiger partial charge in [0, 0.05) is 13.1 Å². The molecule has 6 nitrogen and oxygen atoms in total. The Morgan fingerprint density at radius 1 is 1.07 bits per heavy atom. The number of nitrogens with one attached hydrogen (secondary N) is 1. The van der Waals surface area contributed by atoms with Crippen LogP contribution in [0.2, 0.25) is 0 Å². The number of likely N-dealkylation sites (tertiary alicyclic amines) is 1. The molecule has 0 unspecified atom stereocenters. The average Bonchev–Trinajstić information content (AvgIpc) is 2.71. The van der Waals surface area contributed by atoms with E-state index in [1.807, 2.05) is 18.2 Å². The molecule has 0 aliphatic carbocycles. The lowest BCUT2D eigenvalue weighted by molar-refractivity contribution is 0.224. The third kappa shape index (κ3) is 8.08. The number of piperidine rings is 1. The van der Waals surface area contributed by atoms with Crippen LogP contribution in [-0.2, 0) is 6.42 Å². The fourth-order valence-corrected chi connectivity index (χ4v) is 3.43. The summed E-state index contributed by atoms with van der Waals surface area (Å²) in [5.74, 6) is 2.03. The van der Waals surface area contributed by atoms with E-state index in [1.54, 1.807) is 14.2 Å². The summed E-state index contributed by atoms with van der Waals surface area (Å²) in [6.45, 7) is 5.36. The van der Waals surface area contributed by atoms with Crippen molar-refractivity contribution in [2.45, 2.75) is 44.9 Å². The minimum absolute atomic E-state index is 0.534. The Kier molecular flexibility index (Phi) is 9.84. The summed E-state index contributed by atoms with van der Waals surface area (Å²) in [5.41, 5.74) is 7.13. The zero-order valence-corrected chi connectivity index (χ0v) is 17.0. The van der Waals surface area contributed by atoms with Gasteiger partial charge in [-0.15, -0.1) is 0 Å². The summed E-state index contributed by atoms with van der Waals surface area (Å²) in [6, 6.07) is 5.96. The van der Waals surface area contributed by atoms with Crippen molar-refractivity contribution in [3.8, 4) is 11.5 Å². The highest BCUT2D eigenvalue weighted by atomic mass is 16.5. The van der Waals surface area contributed by atoms with Crippen LogP contribution in [0.25, 0.3) is 0 Å². The van der Waals surface area contributed by atoms with E-state index < -0.39 is 0 Å². The second kappa shape index (κ2) is 12.4. The van der Waals surface area contributed by atoms with Crippen molar-refractivity contribution in [1.82, 2.24) is 10.2 Å². The van der Waals surface area contributed by atoms with Gasteiger partial charge in [-0.2, -0.15) is 0 Å². The summed E-state index contributed by atoms with van der Waals surface area (Å²) in [7, 11) is 3.29. The number of methoxy groups -OCH3 is 2. The van der Waals surface area contributed by atoms with Gasteiger partial charge in [-0.3, -0.25) is 4.99 Å². The van der Waals surface area contributed by atoms with Crippen LogP contribution < -0.4 is 20.5 Å². The van der Waals surface area contributed by atoms with Crippen LogP contribution in [0.3, 0.4) is 0 Å². The van der Waals surface area contributed by atoms with Gasteiger partial charge in [0.05, 0.1) is 14.2 Å². The predicted octanol–water partition coefficient (Wildman–Crippen LogP) is 2.81. The SMILES string of the molecule is COc1ccc(CCNC(N)=NCCCCCN2CCCCC2)cc1OC. The number of hydrogen-bond donors (Lipinski definition) is 2. The van der Waals surface area contributed by atoms with Crippen molar-refractivity contribution in [2.24, 2.45) is 10.7 Å². The minimum Gasteiger partial charge on any atom is -0.493 e. The smallest absolute Gasteiger partial charge is 0.188 e. The molecular formula is C21H36N4O2. The quantitative estimate of drug-likeness (QED) is 0.353. The van der Waals surface area contributed by atoms with Gasteiger partial charge < -0.3 is 25.4 Å². The number of rotatable bonds is 11. The summed E-state index contributed by atoms with van der Waals surface area (Å²) >= 11 is 0. The molecule has 6 heteroatoms. The Morgan fingerprint density at radius 2 is 1.85 bits per heavy atom. The Balaban J connectivity index is 1.56. The summed E-state index contributed by atoms with van der Waals surface area (Å²) in [6.07, 6.45) is 8.59. The maximum atomic E-state index is 5.96. The first-order chi connectivity index (χ1) is 13.2. The number of nitrogens with two attached hydrogens (primary N) is 1. The van der Waals surface area contributed by atoms with Crippen LogP contribution in [0, 0.1) is 0 Å². The van der Waals surface area contributed by atoms with Gasteiger partial charge in [0.1, 0.15) is 0 Å². The van der Waals surface area contributed by atoms with Crippen LogP contribution in [0.4, 0.5) is 0 Å². The fourth-order valence-electron chi connectivity index (χ4n) is 3.43. The molecule has 1 aromatic carbocycles. The van der Waals surface area contributed by atoms with E-state index in [0.29, 0.717) is 5.96 Å². The molecule has 3 N–H and O–H groups in total. The van der Waals surface area contributed by atoms with Gasteiger partial charge in [-0.25, -0.2) is 0 Å². The van der Waals surface area contributed by atoms with Gasteiger partial charge in [0.25, 0.3) is 0 Å². The van der Waals surface area contributed by atoms with E-state index in [1.165, 1.54) is 57.3 Å². The zero-order chi connectivity index (χ0) is 19.3. The van der Waals surface area contributed by atoms with Crippen LogP contribution in [0.5, 0.6) is 11.5 Å². The van der Waals surface area contributed by atoms with Crippen molar-refractivity contribution in [1.29, 1.82) is 0 Å². The molecule has 1 saturated heterocycles. The molecule has 0 spiro atoms. The molecule has 0 atom stereocenters. The van der Waals surface area contributed by atoms with Crippen molar-refractivity contribution in [3.63, 3.8) is 0 Å². The Morgan fingerprint density at radius 3 is 2.59 bits per heavy atom. The summed E-state index contributed by atoms with van der Waals surface area (Å²) < 4.78 is 10.6. The van der Waals surface area contributed by atoms with Gasteiger partial charge in [-0.1, -0.05) is 18.9 Å². The highest BCUT2D eigenvalue weighted by Crippen LogP contribution is 2.27. The van der Waals surface area contributed by atoms with E-state index in [2.05, 4.69) is 15.2 Å². The van der Waals surface area contributed by atoms with Crippen LogP contribution >= 0.6 is 0 Å². The third-order valence-electron chi connectivity index (χ3n) is 5.03. The molecule has 1 aromatic rings. The van der Waals surface area contributed by atoms with E-state index in [-0.39, 0.29) is 0 Å². The monoisotopic (exact) mass is 376 g/mol. The van der Waals surface area contributed by atoms with E-state index in [9.17, 15) is 0 Å². The molecule has 0 bridgehead atoms. The second-order valence-corrected chi connectivity index (χ2v) is 7.10. The number of ether oxygens (including phenoxy) is 2. The van der Waals surface area contributed by atoms with E-state index >= 15 is 0 Å². The van der Waals surface area contributed by atoms with E-state index in [4.69, 9.17) is 15.2 Å². The zero-order valence-electron chi connectivity index (χ0n) is 17.0. The molecule has 27 heavy (non-hydrogen) atoms. The Bertz CT molecular complexity index is 571. The standard InChI is InChI=1S/C21H36N4O2/c1-26-19-10-9-18(17-20(19)27-2)11-13-24-21(22)23-12-5-3-6-14-25-15-7-4-8-16-25/h9-10,17H,3-8,11-16H2,1-2H3,(H3,22,23,24). The predicted molar refractivity (Wildman–Crippen MR) is 112 cm³/mol. The lowest BCUT2D eigenvalue weighted by Crippen LogP contribution is -2.33. The molecule has 0 radical (unpaired) electrons. The topological polar surface area (TPSA) is 72.1 Å². The molecule has 2 rings (SSSR count). The van der Waals surface area contributed by atoms with E-state index in [0.717, 1.165) is 37.4 Å². The first-order valence-corrected chi connectivity index (χ1v) is 10.2. The van der Waals surface area contributed by atoms with Crippen LogP contribution in [-0.4, -0.2) is 57.8 Å². The maximum Gasteiger partial charge on any atom is 0.188 e. The lowest BCUT2D eigenvalue weighted by atomic mass is 10.1. The molecule has 152 valence electrons. The molecule has 1 fully saturated rings. The Labute approximate surface area is 164 Å². The molecule has 0 aromatic heterocycles. The van der Waals surface area contributed by atoms with Gasteiger partial charge in [0.15, 0.2) is 17.5 Å². The van der Waals surface area contributed by atoms with Crippen molar-refractivity contribution in [3.05, 3.63) is 23.8 Å². The summed E-state index contributed by atoms with van der Waals surface area (Å²) in [5, 5.41) is 3.19. The maximum absolute atomic E-state index is 5.96. The molecule has 1 aliphatic rings. The first-order valence-electron chi connectivity index (χ1n) is 10.2. The normalized spacial score (nSPS) is 15.6. The fraction of sp³-hybridized carbons (Fsp3) is 0.667. The second-order valence-electron chi connectivity index (χ2n) is 7.10. The lowest BCUT2D eigenvalue weighted by Gasteiger charge is -2.26. The van der Waals surface area contributed by atoms with Gasteiger partial charge >= 0.3 is 0 Å². The highest BCUT2D eigenvalue weighted by Gasteiger charge is 2.08. The molecular weight excluding hydrogens is 340 g/mol. The van der Waals surface area contributed by atoms with Crippen molar-refractivity contribution >= 4 is 5.96 Å². The summed E-state index contributed by atoms with van der Waals surface area (Å²) in [4.78, 5) is 7.02. The van der Waals surface area contributed by atoms with Crippen molar-refractivity contribution in [2.75, 3.05) is 46.9 Å². The average molecular weight is 377 g/mol. The minimum atomic E-state index is 0.534. The van der Waals surface area contributed by atoms with Gasteiger partial charge in [0.2, 0.25) is 0 Å². The van der Waals surface area contributed by atoms with Gasteiger partial charge in [-0.05, 0) is 69.4 Å².